The monoisotopic (exact) mass is 270 g/mol. The molecule has 0 aliphatic carbocycles. The Labute approximate surface area is 121 Å². The van der Waals surface area contributed by atoms with E-state index in [2.05, 4.69) is 29.4 Å². The van der Waals surface area contributed by atoms with Gasteiger partial charge in [-0.2, -0.15) is 0 Å². The summed E-state index contributed by atoms with van der Waals surface area (Å²) in [4.78, 5) is 4.29. The van der Waals surface area contributed by atoms with Crippen LogP contribution in [0.1, 0.15) is 30.6 Å². The summed E-state index contributed by atoms with van der Waals surface area (Å²) in [6, 6.07) is 14.6. The fourth-order valence-corrected chi connectivity index (χ4v) is 2.25. The topological polar surface area (TPSA) is 34.1 Å². The predicted octanol–water partition coefficient (Wildman–Crippen LogP) is 3.37. The number of nitrogens with one attached hydrogen (secondary N) is 1. The molecule has 0 saturated heterocycles. The number of rotatable bonds is 7. The lowest BCUT2D eigenvalue weighted by atomic mass is 10.0. The molecule has 2 aromatic rings. The Balaban J connectivity index is 1.91. The van der Waals surface area contributed by atoms with Crippen LogP contribution in [0.5, 0.6) is 5.75 Å². The first-order valence-corrected chi connectivity index (χ1v) is 7.13. The van der Waals surface area contributed by atoms with Crippen molar-refractivity contribution < 1.29 is 4.74 Å². The molecule has 0 aliphatic rings. The van der Waals surface area contributed by atoms with Crippen molar-refractivity contribution in [2.45, 2.75) is 25.8 Å². The Hall–Kier alpha value is -1.87. The van der Waals surface area contributed by atoms with E-state index in [1.165, 1.54) is 5.56 Å². The second-order valence-electron chi connectivity index (χ2n) is 4.74. The Morgan fingerprint density at radius 2 is 2.10 bits per heavy atom. The number of pyridine rings is 1. The molecule has 0 bridgehead atoms. The quantitative estimate of drug-likeness (QED) is 0.837. The standard InChI is InChI=1S/C17H22N2O/c1-3-17(18-2)14-7-6-9-16(13-14)20-12-10-15-8-4-5-11-19-15/h4-9,11,13,17-18H,3,10,12H2,1-2H3. The van der Waals surface area contributed by atoms with Gasteiger partial charge < -0.3 is 10.1 Å². The van der Waals surface area contributed by atoms with Crippen molar-refractivity contribution in [3.63, 3.8) is 0 Å². The summed E-state index contributed by atoms with van der Waals surface area (Å²) in [6.07, 6.45) is 3.71. The fourth-order valence-electron chi connectivity index (χ4n) is 2.25. The molecule has 3 heteroatoms. The molecule has 1 unspecified atom stereocenters. The minimum atomic E-state index is 0.384. The molecule has 0 saturated carbocycles. The zero-order valence-electron chi connectivity index (χ0n) is 12.2. The van der Waals surface area contributed by atoms with E-state index < -0.39 is 0 Å². The molecule has 1 heterocycles. The van der Waals surface area contributed by atoms with Crippen molar-refractivity contribution in [1.29, 1.82) is 0 Å². The first-order valence-electron chi connectivity index (χ1n) is 7.13. The van der Waals surface area contributed by atoms with Gasteiger partial charge in [-0.1, -0.05) is 25.1 Å². The van der Waals surface area contributed by atoms with Crippen LogP contribution in [0.3, 0.4) is 0 Å². The molecule has 20 heavy (non-hydrogen) atoms. The second kappa shape index (κ2) is 7.65. The van der Waals surface area contributed by atoms with Crippen LogP contribution in [0.4, 0.5) is 0 Å². The SMILES string of the molecule is CCC(NC)c1cccc(OCCc2ccccn2)c1. The molecule has 3 nitrogen and oxygen atoms in total. The molecule has 106 valence electrons. The summed E-state index contributed by atoms with van der Waals surface area (Å²) in [5.74, 6) is 0.923. The first kappa shape index (κ1) is 14.5. The third-order valence-corrected chi connectivity index (χ3v) is 3.37. The van der Waals surface area contributed by atoms with Gasteiger partial charge in [0.25, 0.3) is 0 Å². The summed E-state index contributed by atoms with van der Waals surface area (Å²) in [5, 5.41) is 3.31. The first-order chi connectivity index (χ1) is 9.83. The van der Waals surface area contributed by atoms with Crippen molar-refractivity contribution in [3.8, 4) is 5.75 Å². The summed E-state index contributed by atoms with van der Waals surface area (Å²) in [7, 11) is 1.99. The minimum absolute atomic E-state index is 0.384. The summed E-state index contributed by atoms with van der Waals surface area (Å²) in [6.45, 7) is 2.83. The fraction of sp³-hybridized carbons (Fsp3) is 0.353. The Bertz CT molecular complexity index is 509. The van der Waals surface area contributed by atoms with Crippen LogP contribution in [0.15, 0.2) is 48.7 Å². The number of hydrogen-bond donors (Lipinski definition) is 1. The highest BCUT2D eigenvalue weighted by molar-refractivity contribution is 5.30. The predicted molar refractivity (Wildman–Crippen MR) is 82.0 cm³/mol. The number of benzene rings is 1. The van der Waals surface area contributed by atoms with E-state index >= 15 is 0 Å². The van der Waals surface area contributed by atoms with Gasteiger partial charge in [-0.3, -0.25) is 4.98 Å². The van der Waals surface area contributed by atoms with Gasteiger partial charge in [0.05, 0.1) is 6.61 Å². The van der Waals surface area contributed by atoms with Gasteiger partial charge in [0.15, 0.2) is 0 Å². The van der Waals surface area contributed by atoms with Crippen molar-refractivity contribution in [2.24, 2.45) is 0 Å². The van der Waals surface area contributed by atoms with E-state index in [1.54, 1.807) is 0 Å². The third kappa shape index (κ3) is 4.07. The highest BCUT2D eigenvalue weighted by Gasteiger charge is 2.07. The smallest absolute Gasteiger partial charge is 0.119 e. The average molecular weight is 270 g/mol. The highest BCUT2D eigenvalue weighted by Crippen LogP contribution is 2.21. The zero-order chi connectivity index (χ0) is 14.2. The minimum Gasteiger partial charge on any atom is -0.493 e. The molecule has 1 atom stereocenters. The van der Waals surface area contributed by atoms with Crippen LogP contribution in [0.2, 0.25) is 0 Å². The van der Waals surface area contributed by atoms with Crippen LogP contribution >= 0.6 is 0 Å². The number of aromatic nitrogens is 1. The highest BCUT2D eigenvalue weighted by atomic mass is 16.5. The van der Waals surface area contributed by atoms with Crippen LogP contribution in [-0.4, -0.2) is 18.6 Å². The largest absolute Gasteiger partial charge is 0.493 e. The molecule has 1 N–H and O–H groups in total. The Morgan fingerprint density at radius 1 is 1.20 bits per heavy atom. The number of ether oxygens (including phenoxy) is 1. The zero-order valence-corrected chi connectivity index (χ0v) is 12.2. The lowest BCUT2D eigenvalue weighted by Crippen LogP contribution is -2.15. The van der Waals surface area contributed by atoms with E-state index in [9.17, 15) is 0 Å². The maximum atomic E-state index is 5.82. The molecule has 2 rings (SSSR count). The van der Waals surface area contributed by atoms with Gasteiger partial charge in [-0.05, 0) is 43.3 Å². The second-order valence-corrected chi connectivity index (χ2v) is 4.74. The van der Waals surface area contributed by atoms with E-state index in [0.29, 0.717) is 12.6 Å². The molecule has 1 aromatic carbocycles. The van der Waals surface area contributed by atoms with Crippen LogP contribution in [-0.2, 0) is 6.42 Å². The third-order valence-electron chi connectivity index (χ3n) is 3.37. The van der Waals surface area contributed by atoms with Gasteiger partial charge in [-0.25, -0.2) is 0 Å². The molecule has 0 amide bonds. The van der Waals surface area contributed by atoms with E-state index in [0.717, 1.165) is 24.3 Å². The molecule has 0 aliphatic heterocycles. The molecule has 0 spiro atoms. The van der Waals surface area contributed by atoms with E-state index in [4.69, 9.17) is 4.74 Å². The molecular weight excluding hydrogens is 248 g/mol. The number of hydrogen-bond acceptors (Lipinski definition) is 3. The van der Waals surface area contributed by atoms with Gasteiger partial charge >= 0.3 is 0 Å². The van der Waals surface area contributed by atoms with Crippen molar-refractivity contribution in [2.75, 3.05) is 13.7 Å². The van der Waals surface area contributed by atoms with Crippen molar-refractivity contribution in [1.82, 2.24) is 10.3 Å². The molecular formula is C17H22N2O. The Kier molecular flexibility index (Phi) is 5.56. The summed E-state index contributed by atoms with van der Waals surface area (Å²) < 4.78 is 5.82. The van der Waals surface area contributed by atoms with Crippen molar-refractivity contribution >= 4 is 0 Å². The molecule has 1 aromatic heterocycles. The van der Waals surface area contributed by atoms with Gasteiger partial charge in [0, 0.05) is 24.4 Å². The van der Waals surface area contributed by atoms with E-state index in [1.807, 2.05) is 43.6 Å². The van der Waals surface area contributed by atoms with Crippen molar-refractivity contribution in [3.05, 3.63) is 59.9 Å². The van der Waals surface area contributed by atoms with Gasteiger partial charge in [-0.15, -0.1) is 0 Å². The maximum Gasteiger partial charge on any atom is 0.119 e. The summed E-state index contributed by atoms with van der Waals surface area (Å²) >= 11 is 0. The lowest BCUT2D eigenvalue weighted by Gasteiger charge is -2.15. The van der Waals surface area contributed by atoms with Crippen LogP contribution in [0.25, 0.3) is 0 Å². The average Bonchev–Trinajstić information content (AvgIpc) is 2.50. The van der Waals surface area contributed by atoms with Gasteiger partial charge in [0.2, 0.25) is 0 Å². The Morgan fingerprint density at radius 3 is 2.80 bits per heavy atom. The van der Waals surface area contributed by atoms with E-state index in [-0.39, 0.29) is 0 Å². The summed E-state index contributed by atoms with van der Waals surface area (Å²) in [5.41, 5.74) is 2.33. The maximum absolute atomic E-state index is 5.82. The molecule has 0 radical (unpaired) electrons. The molecule has 0 fully saturated rings. The lowest BCUT2D eigenvalue weighted by molar-refractivity contribution is 0.320. The van der Waals surface area contributed by atoms with Crippen LogP contribution < -0.4 is 10.1 Å². The number of nitrogens with zero attached hydrogens (tertiary/aromatic N) is 1. The van der Waals surface area contributed by atoms with Gasteiger partial charge in [0.1, 0.15) is 5.75 Å². The normalized spacial score (nSPS) is 12.1. The van der Waals surface area contributed by atoms with Crippen LogP contribution in [0, 0.1) is 0 Å².